The van der Waals surface area contributed by atoms with Gasteiger partial charge in [0.1, 0.15) is 12.6 Å². The number of hydrogen-bond acceptors (Lipinski definition) is 6. The summed E-state index contributed by atoms with van der Waals surface area (Å²) in [4.78, 5) is 16.1. The van der Waals surface area contributed by atoms with E-state index >= 15 is 0 Å². The van der Waals surface area contributed by atoms with Gasteiger partial charge in [-0.15, -0.1) is 0 Å². The lowest BCUT2D eigenvalue weighted by molar-refractivity contribution is 0.0905. The molecule has 3 aromatic heterocycles. The summed E-state index contributed by atoms with van der Waals surface area (Å²) in [5.41, 5.74) is 0.632. The fraction of sp³-hybridized carbons (Fsp3) is 0.200. The molecule has 9 heteroatoms. The van der Waals surface area contributed by atoms with Gasteiger partial charge in [0, 0.05) is 25.0 Å². The van der Waals surface area contributed by atoms with Crippen molar-refractivity contribution >= 4 is 21.8 Å². The van der Waals surface area contributed by atoms with E-state index in [-0.39, 0.29) is 12.2 Å². The highest BCUT2D eigenvalue weighted by atomic mass is 79.9. The second-order valence-corrected chi connectivity index (χ2v) is 5.93. The van der Waals surface area contributed by atoms with Crippen LogP contribution < -0.4 is 5.32 Å². The van der Waals surface area contributed by atoms with E-state index in [1.54, 1.807) is 41.5 Å². The monoisotopic (exact) mass is 391 g/mol. The van der Waals surface area contributed by atoms with Gasteiger partial charge < -0.3 is 14.9 Å². The molecule has 1 atom stereocenters. The SMILES string of the molecule is O=C(NCC(O)c1ccccn1)c1cc(Cn2cc(Br)cn2)on1. The van der Waals surface area contributed by atoms with Crippen LogP contribution in [0.2, 0.25) is 0 Å². The van der Waals surface area contributed by atoms with Gasteiger partial charge in [0.2, 0.25) is 0 Å². The van der Waals surface area contributed by atoms with Gasteiger partial charge in [0.05, 0.1) is 16.4 Å². The molecule has 0 saturated carbocycles. The molecule has 0 aliphatic carbocycles. The fourth-order valence-electron chi connectivity index (χ4n) is 2.04. The molecule has 0 aliphatic heterocycles. The summed E-state index contributed by atoms with van der Waals surface area (Å²) < 4.78 is 7.63. The molecule has 0 radical (unpaired) electrons. The van der Waals surface area contributed by atoms with Crippen LogP contribution in [0.4, 0.5) is 0 Å². The summed E-state index contributed by atoms with van der Waals surface area (Å²) in [5.74, 6) is 0.0719. The maximum atomic E-state index is 12.1. The Morgan fingerprint density at radius 2 is 2.33 bits per heavy atom. The summed E-state index contributed by atoms with van der Waals surface area (Å²) in [6.07, 6.45) is 4.13. The standard InChI is InChI=1S/C15H14BrN5O3/c16-10-6-19-21(8-10)9-11-5-13(20-24-11)15(23)18-7-14(22)12-3-1-2-4-17-12/h1-6,8,14,22H,7,9H2,(H,18,23). The zero-order valence-corrected chi connectivity index (χ0v) is 14.0. The number of pyridine rings is 1. The van der Waals surface area contributed by atoms with Gasteiger partial charge >= 0.3 is 0 Å². The largest absolute Gasteiger partial charge is 0.385 e. The number of nitrogens with zero attached hydrogens (tertiary/aromatic N) is 4. The number of aliphatic hydroxyl groups is 1. The number of carbonyl (C=O) groups excluding carboxylic acids is 1. The quantitative estimate of drug-likeness (QED) is 0.659. The van der Waals surface area contributed by atoms with Gasteiger partial charge in [-0.1, -0.05) is 11.2 Å². The summed E-state index contributed by atoms with van der Waals surface area (Å²) in [6.45, 7) is 0.395. The first-order chi connectivity index (χ1) is 11.6. The number of amides is 1. The molecule has 2 N–H and O–H groups in total. The van der Waals surface area contributed by atoms with Crippen molar-refractivity contribution in [2.75, 3.05) is 6.54 Å². The van der Waals surface area contributed by atoms with Crippen molar-refractivity contribution in [1.29, 1.82) is 0 Å². The van der Waals surface area contributed by atoms with E-state index in [2.05, 4.69) is 36.5 Å². The van der Waals surface area contributed by atoms with Gasteiger partial charge in [0.25, 0.3) is 5.91 Å². The predicted octanol–water partition coefficient (Wildman–Crippen LogP) is 1.54. The Morgan fingerprint density at radius 3 is 3.04 bits per heavy atom. The third kappa shape index (κ3) is 4.06. The highest BCUT2D eigenvalue weighted by Gasteiger charge is 2.15. The summed E-state index contributed by atoms with van der Waals surface area (Å²) in [7, 11) is 0. The van der Waals surface area contributed by atoms with Crippen molar-refractivity contribution in [2.45, 2.75) is 12.6 Å². The first kappa shape index (κ1) is 16.3. The minimum absolute atomic E-state index is 0.0319. The Morgan fingerprint density at radius 1 is 1.46 bits per heavy atom. The van der Waals surface area contributed by atoms with Crippen molar-refractivity contribution in [2.24, 2.45) is 0 Å². The van der Waals surface area contributed by atoms with E-state index < -0.39 is 12.0 Å². The molecule has 124 valence electrons. The van der Waals surface area contributed by atoms with Crippen LogP contribution in [0.5, 0.6) is 0 Å². The van der Waals surface area contributed by atoms with Crippen LogP contribution in [-0.4, -0.2) is 37.5 Å². The highest BCUT2D eigenvalue weighted by Crippen LogP contribution is 2.11. The molecule has 24 heavy (non-hydrogen) atoms. The second-order valence-electron chi connectivity index (χ2n) is 5.02. The highest BCUT2D eigenvalue weighted by molar-refractivity contribution is 9.10. The lowest BCUT2D eigenvalue weighted by Crippen LogP contribution is -2.28. The molecule has 3 aromatic rings. The molecule has 0 fully saturated rings. The third-order valence-corrected chi connectivity index (χ3v) is 3.61. The van der Waals surface area contributed by atoms with Crippen molar-refractivity contribution < 1.29 is 14.4 Å². The molecule has 3 rings (SSSR count). The number of rotatable bonds is 6. The van der Waals surface area contributed by atoms with E-state index in [1.807, 2.05) is 0 Å². The molecule has 0 spiro atoms. The number of aliphatic hydroxyl groups excluding tert-OH is 1. The molecule has 3 heterocycles. The van der Waals surface area contributed by atoms with Gasteiger partial charge in [-0.05, 0) is 28.1 Å². The first-order valence-electron chi connectivity index (χ1n) is 7.12. The van der Waals surface area contributed by atoms with E-state index in [0.29, 0.717) is 18.0 Å². The molecule has 0 bridgehead atoms. The summed E-state index contributed by atoms with van der Waals surface area (Å²) in [6, 6.07) is 6.75. The Bertz CT molecular complexity index is 817. The molecule has 8 nitrogen and oxygen atoms in total. The zero-order chi connectivity index (χ0) is 16.9. The lowest BCUT2D eigenvalue weighted by atomic mass is 10.2. The van der Waals surface area contributed by atoms with Crippen LogP contribution in [0.1, 0.15) is 28.0 Å². The number of aromatic nitrogens is 4. The second kappa shape index (κ2) is 7.37. The Kier molecular flexibility index (Phi) is 5.02. The minimum Gasteiger partial charge on any atom is -0.385 e. The Balaban J connectivity index is 1.56. The third-order valence-electron chi connectivity index (χ3n) is 3.20. The van der Waals surface area contributed by atoms with Crippen LogP contribution in [0.25, 0.3) is 0 Å². The fourth-order valence-corrected chi connectivity index (χ4v) is 2.36. The minimum atomic E-state index is -0.886. The van der Waals surface area contributed by atoms with Gasteiger partial charge in [-0.2, -0.15) is 5.10 Å². The average molecular weight is 392 g/mol. The van der Waals surface area contributed by atoms with Crippen LogP contribution >= 0.6 is 15.9 Å². The zero-order valence-electron chi connectivity index (χ0n) is 12.5. The van der Waals surface area contributed by atoms with Crippen molar-refractivity contribution in [3.05, 3.63) is 64.5 Å². The van der Waals surface area contributed by atoms with Gasteiger partial charge in [0.15, 0.2) is 11.5 Å². The van der Waals surface area contributed by atoms with Crippen molar-refractivity contribution in [3.8, 4) is 0 Å². The summed E-state index contributed by atoms with van der Waals surface area (Å²) in [5, 5.41) is 20.4. The number of hydrogen-bond donors (Lipinski definition) is 2. The van der Waals surface area contributed by atoms with E-state index in [9.17, 15) is 9.90 Å². The maximum Gasteiger partial charge on any atom is 0.273 e. The first-order valence-corrected chi connectivity index (χ1v) is 7.92. The molecule has 0 aromatic carbocycles. The normalized spacial score (nSPS) is 12.1. The van der Waals surface area contributed by atoms with Crippen LogP contribution in [0.3, 0.4) is 0 Å². The van der Waals surface area contributed by atoms with Crippen molar-refractivity contribution in [1.82, 2.24) is 25.2 Å². The number of halogens is 1. The summed E-state index contributed by atoms with van der Waals surface area (Å²) >= 11 is 3.30. The van der Waals surface area contributed by atoms with E-state index in [0.717, 1.165) is 4.47 Å². The van der Waals surface area contributed by atoms with Gasteiger partial charge in [-0.3, -0.25) is 14.5 Å². The molecule has 0 aliphatic rings. The maximum absolute atomic E-state index is 12.1. The van der Waals surface area contributed by atoms with Crippen LogP contribution in [0.15, 0.2) is 51.9 Å². The Labute approximate surface area is 145 Å². The van der Waals surface area contributed by atoms with E-state index in [4.69, 9.17) is 4.52 Å². The predicted molar refractivity (Wildman–Crippen MR) is 87.1 cm³/mol. The van der Waals surface area contributed by atoms with Crippen LogP contribution in [-0.2, 0) is 6.54 Å². The number of carbonyl (C=O) groups is 1. The smallest absolute Gasteiger partial charge is 0.273 e. The molecule has 1 amide bonds. The van der Waals surface area contributed by atoms with E-state index in [1.165, 1.54) is 6.07 Å². The topological polar surface area (TPSA) is 106 Å². The molecule has 0 saturated heterocycles. The molecular formula is C15H14BrN5O3. The molecule has 1 unspecified atom stereocenters. The Hall–Kier alpha value is -2.52. The average Bonchev–Trinajstić information content (AvgIpc) is 3.22. The van der Waals surface area contributed by atoms with Gasteiger partial charge in [-0.25, -0.2) is 0 Å². The number of nitrogens with one attached hydrogen (secondary N) is 1. The molecular weight excluding hydrogens is 378 g/mol. The lowest BCUT2D eigenvalue weighted by Gasteiger charge is -2.10. The van der Waals surface area contributed by atoms with Crippen molar-refractivity contribution in [3.63, 3.8) is 0 Å². The van der Waals surface area contributed by atoms with Crippen LogP contribution in [0, 0.1) is 0 Å².